The molecule has 8 nitrogen and oxygen atoms in total. The highest BCUT2D eigenvalue weighted by Gasteiger charge is 2.22. The second-order valence-corrected chi connectivity index (χ2v) is 11.1. The number of benzene rings is 1. The molecule has 0 bridgehead atoms. The first-order valence-electron chi connectivity index (χ1n) is 12.7. The Hall–Kier alpha value is -2.75. The molecule has 0 saturated carbocycles. The summed E-state index contributed by atoms with van der Waals surface area (Å²) >= 11 is 1.66. The minimum absolute atomic E-state index is 0.00151. The van der Waals surface area contributed by atoms with E-state index >= 15 is 0 Å². The zero-order valence-electron chi connectivity index (χ0n) is 20.5. The van der Waals surface area contributed by atoms with Gasteiger partial charge < -0.3 is 20.0 Å². The number of hydrogen-bond donors (Lipinski definition) is 1. The molecule has 0 aliphatic carbocycles. The van der Waals surface area contributed by atoms with Crippen LogP contribution in [0.4, 0.5) is 11.6 Å². The van der Waals surface area contributed by atoms with Crippen LogP contribution >= 0.6 is 11.3 Å². The van der Waals surface area contributed by atoms with Crippen LogP contribution in [0, 0.1) is 5.92 Å². The van der Waals surface area contributed by atoms with Gasteiger partial charge in [0, 0.05) is 32.4 Å². The molecule has 0 unspecified atom stereocenters. The summed E-state index contributed by atoms with van der Waals surface area (Å²) in [7, 11) is 4.34. The summed E-state index contributed by atoms with van der Waals surface area (Å²) < 4.78 is 3.32. The molecule has 2 saturated heterocycles. The highest BCUT2D eigenvalue weighted by molar-refractivity contribution is 7.24. The molecule has 4 aromatic rings. The van der Waals surface area contributed by atoms with Crippen LogP contribution in [0.25, 0.3) is 26.1 Å². The van der Waals surface area contributed by atoms with E-state index in [0.717, 1.165) is 80.1 Å². The first-order valence-corrected chi connectivity index (χ1v) is 13.5. The molecule has 0 spiro atoms. The quantitative estimate of drug-likeness (QED) is 0.470. The molecule has 9 heteroatoms. The number of piperidine rings is 1. The molecule has 2 aliphatic heterocycles. The average Bonchev–Trinajstić information content (AvgIpc) is 3.12. The van der Waals surface area contributed by atoms with Crippen molar-refractivity contribution in [1.29, 1.82) is 0 Å². The Morgan fingerprint density at radius 2 is 1.83 bits per heavy atom. The van der Waals surface area contributed by atoms with Crippen LogP contribution in [0.2, 0.25) is 0 Å². The summed E-state index contributed by atoms with van der Waals surface area (Å²) in [6.07, 6.45) is 5.14. The van der Waals surface area contributed by atoms with Crippen molar-refractivity contribution >= 4 is 49.1 Å². The number of thiazole rings is 1. The van der Waals surface area contributed by atoms with E-state index in [9.17, 15) is 4.79 Å². The van der Waals surface area contributed by atoms with E-state index in [-0.39, 0.29) is 5.43 Å². The van der Waals surface area contributed by atoms with Gasteiger partial charge in [-0.3, -0.25) is 9.20 Å². The van der Waals surface area contributed by atoms with Crippen LogP contribution < -0.4 is 15.6 Å². The topological polar surface area (TPSA) is 69.0 Å². The lowest BCUT2D eigenvalue weighted by Gasteiger charge is -2.29. The van der Waals surface area contributed by atoms with Gasteiger partial charge in [-0.05, 0) is 71.0 Å². The van der Waals surface area contributed by atoms with Crippen molar-refractivity contribution in [3.8, 4) is 0 Å². The number of aromatic nitrogens is 3. The second-order valence-electron chi connectivity index (χ2n) is 10.1. The van der Waals surface area contributed by atoms with Gasteiger partial charge in [-0.2, -0.15) is 4.98 Å². The Morgan fingerprint density at radius 1 is 1.03 bits per heavy atom. The zero-order valence-corrected chi connectivity index (χ0v) is 21.4. The number of likely N-dealkylation sites (N-methyl/N-ethyl adjacent to an activating group) is 1. The minimum Gasteiger partial charge on any atom is -0.379 e. The summed E-state index contributed by atoms with van der Waals surface area (Å²) in [5.74, 6) is 1.29. The number of para-hydroxylation sites is 1. The molecule has 184 valence electrons. The molecule has 35 heavy (non-hydrogen) atoms. The molecule has 5 heterocycles. The average molecular weight is 492 g/mol. The van der Waals surface area contributed by atoms with Crippen molar-refractivity contribution in [2.75, 3.05) is 70.1 Å². The smallest absolute Gasteiger partial charge is 0.227 e. The van der Waals surface area contributed by atoms with E-state index in [2.05, 4.69) is 67.8 Å². The first kappa shape index (κ1) is 22.7. The number of likely N-dealkylation sites (tertiary alicyclic amines) is 1. The van der Waals surface area contributed by atoms with Gasteiger partial charge in [0.25, 0.3) is 0 Å². The normalized spacial score (nSPS) is 19.1. The van der Waals surface area contributed by atoms with Gasteiger partial charge in [-0.15, -0.1) is 11.3 Å². The van der Waals surface area contributed by atoms with Crippen molar-refractivity contribution in [2.45, 2.75) is 19.3 Å². The third-order valence-electron chi connectivity index (χ3n) is 7.58. The third-order valence-corrected chi connectivity index (χ3v) is 8.72. The number of rotatable bonds is 4. The van der Waals surface area contributed by atoms with E-state index < -0.39 is 0 Å². The number of anilines is 2. The predicted molar refractivity (Wildman–Crippen MR) is 145 cm³/mol. The molecule has 3 aromatic heterocycles. The summed E-state index contributed by atoms with van der Waals surface area (Å²) in [4.78, 5) is 31.4. The zero-order chi connectivity index (χ0) is 23.9. The van der Waals surface area contributed by atoms with Gasteiger partial charge in [0.1, 0.15) is 10.5 Å². The fourth-order valence-electron chi connectivity index (χ4n) is 5.35. The summed E-state index contributed by atoms with van der Waals surface area (Å²) in [5.41, 5.74) is 2.47. The molecule has 0 amide bonds. The third kappa shape index (κ3) is 4.26. The van der Waals surface area contributed by atoms with Crippen LogP contribution in [0.5, 0.6) is 0 Å². The molecule has 1 aromatic carbocycles. The maximum absolute atomic E-state index is 13.8. The van der Waals surface area contributed by atoms with Crippen molar-refractivity contribution in [1.82, 2.24) is 24.2 Å². The van der Waals surface area contributed by atoms with Crippen LogP contribution in [-0.2, 0) is 0 Å². The van der Waals surface area contributed by atoms with Crippen LogP contribution in [0.1, 0.15) is 19.3 Å². The van der Waals surface area contributed by atoms with Crippen molar-refractivity contribution < 1.29 is 0 Å². The van der Waals surface area contributed by atoms with Gasteiger partial charge in [0.2, 0.25) is 11.4 Å². The molecular weight excluding hydrogens is 458 g/mol. The van der Waals surface area contributed by atoms with Gasteiger partial charge in [0.05, 0.1) is 15.6 Å². The lowest BCUT2D eigenvalue weighted by molar-refractivity contribution is 0.226. The van der Waals surface area contributed by atoms with Gasteiger partial charge in [-0.25, -0.2) is 4.98 Å². The predicted octanol–water partition coefficient (Wildman–Crippen LogP) is 3.35. The number of fused-ring (bicyclic) bond motifs is 5. The van der Waals surface area contributed by atoms with E-state index in [1.807, 2.05) is 0 Å². The Balaban J connectivity index is 1.46. The highest BCUT2D eigenvalue weighted by atomic mass is 32.1. The SMILES string of the molecule is CN1CCC(CNc2c(=O)c3cnc(N4CCCN(C)CC4)nc3n3c2sc2ccccc23)CC1. The van der Waals surface area contributed by atoms with Crippen LogP contribution in [0.3, 0.4) is 0 Å². The number of nitrogens with one attached hydrogen (secondary N) is 1. The summed E-state index contributed by atoms with van der Waals surface area (Å²) in [6.45, 7) is 6.93. The highest BCUT2D eigenvalue weighted by Crippen LogP contribution is 2.33. The number of pyridine rings is 1. The molecule has 0 atom stereocenters. The van der Waals surface area contributed by atoms with Gasteiger partial charge >= 0.3 is 0 Å². The van der Waals surface area contributed by atoms with Gasteiger partial charge in [-0.1, -0.05) is 12.1 Å². The molecular formula is C26H33N7OS. The number of hydrogen-bond acceptors (Lipinski definition) is 8. The lowest BCUT2D eigenvalue weighted by atomic mass is 9.97. The molecule has 2 fully saturated rings. The molecule has 1 N–H and O–H groups in total. The largest absolute Gasteiger partial charge is 0.379 e. The van der Waals surface area contributed by atoms with Gasteiger partial charge in [0.15, 0.2) is 5.65 Å². The second kappa shape index (κ2) is 9.37. The van der Waals surface area contributed by atoms with Crippen molar-refractivity contribution in [3.63, 3.8) is 0 Å². The Labute approximate surface area is 209 Å². The Morgan fingerprint density at radius 3 is 2.69 bits per heavy atom. The van der Waals surface area contributed by atoms with Crippen LogP contribution in [0.15, 0.2) is 35.3 Å². The standard InChI is InChI=1S/C26H33N7OS/c1-30-10-5-11-32(15-14-30)26-28-17-19-23(34)22(27-16-18-8-12-31(2)13-9-18)25-33(24(19)29-26)20-6-3-4-7-21(20)35-25/h3-4,6-7,17-18,27H,5,8-16H2,1-2H3. The van der Waals surface area contributed by atoms with E-state index in [1.54, 1.807) is 17.5 Å². The maximum Gasteiger partial charge on any atom is 0.227 e. The molecule has 0 radical (unpaired) electrons. The van der Waals surface area contributed by atoms with Crippen molar-refractivity contribution in [3.05, 3.63) is 40.7 Å². The van der Waals surface area contributed by atoms with Crippen LogP contribution in [-0.4, -0.2) is 84.1 Å². The fourth-order valence-corrected chi connectivity index (χ4v) is 6.52. The maximum atomic E-state index is 13.8. The van der Waals surface area contributed by atoms with E-state index in [0.29, 0.717) is 28.6 Å². The van der Waals surface area contributed by atoms with Crippen molar-refractivity contribution in [2.24, 2.45) is 5.92 Å². The van der Waals surface area contributed by atoms with E-state index in [1.165, 1.54) is 0 Å². The monoisotopic (exact) mass is 491 g/mol. The van der Waals surface area contributed by atoms with E-state index in [4.69, 9.17) is 4.98 Å². The lowest BCUT2D eigenvalue weighted by Crippen LogP contribution is -2.33. The fraction of sp³-hybridized carbons (Fsp3) is 0.500. The molecule has 6 rings (SSSR count). The first-order chi connectivity index (χ1) is 17.1. The minimum atomic E-state index is 0.00151. The Bertz CT molecular complexity index is 1420. The Kier molecular flexibility index (Phi) is 6.07. The number of nitrogens with zero attached hydrogens (tertiary/aromatic N) is 6. The summed E-state index contributed by atoms with van der Waals surface area (Å²) in [5, 5.41) is 4.15. The molecule has 2 aliphatic rings. The summed E-state index contributed by atoms with van der Waals surface area (Å²) in [6, 6.07) is 8.35.